The summed E-state index contributed by atoms with van der Waals surface area (Å²) in [6.45, 7) is 3.76. The number of nitrogens with two attached hydrogens (primary N) is 5. The van der Waals surface area contributed by atoms with Crippen molar-refractivity contribution in [1.29, 1.82) is 0 Å². The second-order valence-corrected chi connectivity index (χ2v) is 9.01. The van der Waals surface area contributed by atoms with Gasteiger partial charge in [-0.05, 0) is 19.0 Å². The van der Waals surface area contributed by atoms with Crippen molar-refractivity contribution in [1.82, 2.24) is 0 Å². The second kappa shape index (κ2) is 10.2. The second-order valence-electron chi connectivity index (χ2n) is 9.01. The Balaban J connectivity index is 1.71. The highest BCUT2D eigenvalue weighted by Crippen LogP contribution is 2.38. The van der Waals surface area contributed by atoms with Gasteiger partial charge in [-0.3, -0.25) is 0 Å². The fraction of sp³-hybridized carbons (Fsp3) is 1.00. The molecule has 3 aliphatic heterocycles. The number of hydrogen-bond donors (Lipinski definition) is 5. The fourth-order valence-corrected chi connectivity index (χ4v) is 4.99. The molecule has 32 heavy (non-hydrogen) atoms. The molecule has 0 saturated carbocycles. The van der Waals surface area contributed by atoms with Crippen LogP contribution in [0.5, 0.6) is 0 Å². The van der Waals surface area contributed by atoms with E-state index in [9.17, 15) is 4.91 Å². The van der Waals surface area contributed by atoms with Crippen molar-refractivity contribution >= 4 is 0 Å². The van der Waals surface area contributed by atoms with Crippen molar-refractivity contribution in [3.8, 4) is 0 Å². The number of rotatable bonds is 6. The molecule has 0 spiro atoms. The first kappa shape index (κ1) is 25.8. The normalized spacial score (nSPS) is 49.5. The van der Waals surface area contributed by atoms with Gasteiger partial charge in [-0.15, -0.1) is 4.91 Å². The van der Waals surface area contributed by atoms with Gasteiger partial charge in [0.15, 0.2) is 12.5 Å². The van der Waals surface area contributed by atoms with E-state index in [1.807, 2.05) is 13.8 Å². The summed E-state index contributed by atoms with van der Waals surface area (Å²) in [5, 5.41) is 3.03. The molecular weight excluding hydrogens is 424 g/mol. The standard InChI is InChI=1S/C19H38N6O7/c1-7-13(9(27-3)6-12(25-26)30-7)10-5-11(28-4)15(8(2)29-10)31-17-14(20)16(21)19(23,24)18(22)32-17/h7-18H,5-6,20-24H2,1-4H3/t7-,8-,9-,10?,11-,12+,13-,14+,15-,16-,17?,18+/m0/s1. The summed E-state index contributed by atoms with van der Waals surface area (Å²) in [6.07, 6.45) is -3.92. The zero-order valence-corrected chi connectivity index (χ0v) is 19.0. The molecule has 3 heterocycles. The lowest BCUT2D eigenvalue weighted by Gasteiger charge is -2.50. The van der Waals surface area contributed by atoms with E-state index < -0.39 is 48.7 Å². The third kappa shape index (κ3) is 4.83. The van der Waals surface area contributed by atoms with Crippen LogP contribution in [0.15, 0.2) is 5.18 Å². The van der Waals surface area contributed by atoms with Crippen LogP contribution in [0.2, 0.25) is 0 Å². The molecule has 186 valence electrons. The van der Waals surface area contributed by atoms with E-state index in [-0.39, 0.29) is 30.3 Å². The van der Waals surface area contributed by atoms with Gasteiger partial charge in [0.2, 0.25) is 0 Å². The molecule has 13 heteroatoms. The Kier molecular flexibility index (Phi) is 8.21. The van der Waals surface area contributed by atoms with Crippen LogP contribution >= 0.6 is 0 Å². The molecule has 0 amide bonds. The quantitative estimate of drug-likeness (QED) is 0.214. The molecule has 3 rings (SSSR count). The minimum Gasteiger partial charge on any atom is -0.381 e. The maximum atomic E-state index is 11.0. The van der Waals surface area contributed by atoms with Gasteiger partial charge in [-0.2, -0.15) is 0 Å². The van der Waals surface area contributed by atoms with E-state index in [1.54, 1.807) is 14.2 Å². The highest BCUT2D eigenvalue weighted by Gasteiger charge is 2.52. The lowest BCUT2D eigenvalue weighted by atomic mass is 9.81. The molecule has 0 aromatic carbocycles. The predicted molar refractivity (Wildman–Crippen MR) is 114 cm³/mol. The molecule has 0 bridgehead atoms. The van der Waals surface area contributed by atoms with Gasteiger partial charge in [0.1, 0.15) is 18.0 Å². The van der Waals surface area contributed by atoms with Crippen LogP contribution in [-0.2, 0) is 28.4 Å². The largest absolute Gasteiger partial charge is 0.381 e. The van der Waals surface area contributed by atoms with Gasteiger partial charge in [0.05, 0.1) is 42.6 Å². The van der Waals surface area contributed by atoms with Gasteiger partial charge in [-0.1, -0.05) is 0 Å². The van der Waals surface area contributed by atoms with Crippen molar-refractivity contribution in [2.75, 3.05) is 14.2 Å². The summed E-state index contributed by atoms with van der Waals surface area (Å²) in [5.74, 6) is -0.121. The summed E-state index contributed by atoms with van der Waals surface area (Å²) < 4.78 is 35.3. The molecule has 12 atom stereocenters. The monoisotopic (exact) mass is 462 g/mol. The van der Waals surface area contributed by atoms with Crippen LogP contribution in [0, 0.1) is 10.8 Å². The molecule has 3 fully saturated rings. The topological polar surface area (TPSA) is 215 Å². The van der Waals surface area contributed by atoms with Gasteiger partial charge in [0, 0.05) is 33.0 Å². The summed E-state index contributed by atoms with van der Waals surface area (Å²) in [5.41, 5.74) is 28.7. The van der Waals surface area contributed by atoms with Crippen LogP contribution in [0.4, 0.5) is 0 Å². The first-order chi connectivity index (χ1) is 15.0. The van der Waals surface area contributed by atoms with Crippen molar-refractivity contribution in [2.24, 2.45) is 39.8 Å². The molecule has 2 unspecified atom stereocenters. The molecule has 0 radical (unpaired) electrons. The lowest BCUT2D eigenvalue weighted by molar-refractivity contribution is -0.296. The fourth-order valence-electron chi connectivity index (χ4n) is 4.99. The number of ether oxygens (including phenoxy) is 6. The molecule has 3 aliphatic rings. The van der Waals surface area contributed by atoms with Crippen molar-refractivity contribution in [3.05, 3.63) is 4.91 Å². The maximum absolute atomic E-state index is 11.0. The minimum atomic E-state index is -1.49. The minimum absolute atomic E-state index is 0.121. The van der Waals surface area contributed by atoms with Crippen molar-refractivity contribution < 1.29 is 28.4 Å². The van der Waals surface area contributed by atoms with Crippen LogP contribution < -0.4 is 28.7 Å². The van der Waals surface area contributed by atoms with Gasteiger partial charge < -0.3 is 57.1 Å². The van der Waals surface area contributed by atoms with E-state index in [2.05, 4.69) is 5.18 Å². The Labute approximate surface area is 187 Å². The Morgan fingerprint density at radius 1 is 0.938 bits per heavy atom. The third-order valence-electron chi connectivity index (χ3n) is 6.98. The van der Waals surface area contributed by atoms with Crippen molar-refractivity contribution in [3.63, 3.8) is 0 Å². The van der Waals surface area contributed by atoms with E-state index in [4.69, 9.17) is 57.1 Å². The molecule has 0 aromatic heterocycles. The summed E-state index contributed by atoms with van der Waals surface area (Å²) in [4.78, 5) is 11.0. The predicted octanol–water partition coefficient (Wildman–Crippen LogP) is -1.99. The summed E-state index contributed by atoms with van der Waals surface area (Å²) in [6, 6.07) is -1.64. The van der Waals surface area contributed by atoms with E-state index in [1.165, 1.54) is 0 Å². The summed E-state index contributed by atoms with van der Waals surface area (Å²) in [7, 11) is 3.20. The van der Waals surface area contributed by atoms with Gasteiger partial charge in [0.25, 0.3) is 0 Å². The third-order valence-corrected chi connectivity index (χ3v) is 6.98. The summed E-state index contributed by atoms with van der Waals surface area (Å²) >= 11 is 0. The molecule has 10 N–H and O–H groups in total. The number of hydrogen-bond acceptors (Lipinski definition) is 13. The molecule has 0 aromatic rings. The Hall–Kier alpha value is -0.840. The van der Waals surface area contributed by atoms with E-state index >= 15 is 0 Å². The first-order valence-electron chi connectivity index (χ1n) is 10.9. The SMILES string of the molecule is CO[C@H]1CC([C@H]2[C@H](C)O[C@@H](N=O)C[C@@H]2OC)O[C@@H](C)[C@@H]1OC1O[C@@H](N)C(N)(N)[C@@H](N)[C@H]1N. The molecular formula is C19H38N6O7. The van der Waals surface area contributed by atoms with Crippen LogP contribution in [0.3, 0.4) is 0 Å². The maximum Gasteiger partial charge on any atom is 0.192 e. The lowest BCUT2D eigenvalue weighted by Crippen LogP contribution is -2.81. The van der Waals surface area contributed by atoms with Crippen LogP contribution in [0.25, 0.3) is 0 Å². The highest BCUT2D eigenvalue weighted by molar-refractivity contribution is 5.04. The molecule has 3 saturated heterocycles. The zero-order chi connectivity index (χ0) is 23.8. The van der Waals surface area contributed by atoms with Crippen LogP contribution in [-0.4, -0.2) is 87.3 Å². The number of nitroso groups, excluding NO2 is 1. The average molecular weight is 463 g/mol. The Bertz CT molecular complexity index is 645. The van der Waals surface area contributed by atoms with Gasteiger partial charge in [-0.25, -0.2) is 0 Å². The molecule has 13 nitrogen and oxygen atoms in total. The van der Waals surface area contributed by atoms with E-state index in [0.29, 0.717) is 12.8 Å². The van der Waals surface area contributed by atoms with E-state index in [0.717, 1.165) is 0 Å². The van der Waals surface area contributed by atoms with Crippen LogP contribution in [0.1, 0.15) is 26.7 Å². The average Bonchev–Trinajstić information content (AvgIpc) is 2.76. The van der Waals surface area contributed by atoms with Crippen molar-refractivity contribution in [2.45, 2.75) is 99.8 Å². The Morgan fingerprint density at radius 2 is 1.59 bits per heavy atom. The molecule has 0 aliphatic carbocycles. The Morgan fingerprint density at radius 3 is 2.19 bits per heavy atom. The number of nitrogens with zero attached hydrogens (tertiary/aromatic N) is 1. The van der Waals surface area contributed by atoms with Gasteiger partial charge >= 0.3 is 0 Å². The smallest absolute Gasteiger partial charge is 0.192 e. The highest BCUT2D eigenvalue weighted by atomic mass is 16.7. The first-order valence-corrected chi connectivity index (χ1v) is 10.9. The zero-order valence-electron chi connectivity index (χ0n) is 19.0. The number of methoxy groups -OCH3 is 2.